The maximum Gasteiger partial charge on any atom is 0.143 e. The molecule has 1 aliphatic carbocycles. The fraction of sp³-hybridized carbons (Fsp3) is 0.400. The molecule has 7 heteroatoms. The summed E-state index contributed by atoms with van der Waals surface area (Å²) < 4.78 is 22.2. The van der Waals surface area contributed by atoms with E-state index < -0.39 is 5.82 Å². The van der Waals surface area contributed by atoms with E-state index in [1.807, 2.05) is 6.92 Å². The second-order valence-electron chi connectivity index (χ2n) is 7.22. The molecule has 0 bridgehead atoms. The quantitative estimate of drug-likeness (QED) is 0.702. The van der Waals surface area contributed by atoms with Crippen molar-refractivity contribution in [1.82, 2.24) is 14.5 Å². The molecule has 3 atom stereocenters. The van der Waals surface area contributed by atoms with Gasteiger partial charge in [-0.3, -0.25) is 0 Å². The molecule has 1 aromatic carbocycles. The van der Waals surface area contributed by atoms with Gasteiger partial charge in [0.05, 0.1) is 10.7 Å². The van der Waals surface area contributed by atoms with Crippen molar-refractivity contribution < 1.29 is 9.13 Å². The second kappa shape index (κ2) is 7.09. The molecule has 3 unspecified atom stereocenters. The van der Waals surface area contributed by atoms with Crippen molar-refractivity contribution in [3.05, 3.63) is 52.8 Å². The van der Waals surface area contributed by atoms with Crippen LogP contribution in [0.4, 0.5) is 4.39 Å². The molecule has 2 heterocycles. The van der Waals surface area contributed by atoms with Gasteiger partial charge in [-0.05, 0) is 38.8 Å². The SMILES string of the molecule is Cc1ncnc2c1ccn2C1CCC(Oc2cc(Cl)c(F)cc2C(C)N)C1. The number of ether oxygens (including phenoxy) is 1. The molecule has 0 saturated heterocycles. The van der Waals surface area contributed by atoms with Gasteiger partial charge in [-0.25, -0.2) is 14.4 Å². The van der Waals surface area contributed by atoms with Gasteiger partial charge in [-0.15, -0.1) is 0 Å². The van der Waals surface area contributed by atoms with Crippen molar-refractivity contribution in [2.45, 2.75) is 51.3 Å². The van der Waals surface area contributed by atoms with Crippen LogP contribution in [-0.2, 0) is 0 Å². The number of aromatic nitrogens is 3. The first kappa shape index (κ1) is 18.2. The zero-order valence-corrected chi connectivity index (χ0v) is 16.1. The first-order chi connectivity index (χ1) is 12.9. The van der Waals surface area contributed by atoms with Crippen LogP contribution >= 0.6 is 11.6 Å². The summed E-state index contributed by atoms with van der Waals surface area (Å²) >= 11 is 5.95. The van der Waals surface area contributed by atoms with Crippen LogP contribution in [0.15, 0.2) is 30.7 Å². The lowest BCUT2D eigenvalue weighted by atomic mass is 10.1. The highest BCUT2D eigenvalue weighted by Crippen LogP contribution is 2.37. The van der Waals surface area contributed by atoms with Gasteiger partial charge in [0.1, 0.15) is 29.6 Å². The van der Waals surface area contributed by atoms with Gasteiger partial charge in [0, 0.05) is 41.7 Å². The summed E-state index contributed by atoms with van der Waals surface area (Å²) in [5.74, 6) is 0.0899. The predicted octanol–water partition coefficient (Wildman–Crippen LogP) is 4.72. The fourth-order valence-electron chi connectivity index (χ4n) is 3.85. The Bertz CT molecular complexity index is 988. The predicted molar refractivity (Wildman–Crippen MR) is 104 cm³/mol. The number of fused-ring (bicyclic) bond motifs is 1. The number of halogens is 2. The van der Waals surface area contributed by atoms with Crippen LogP contribution in [0.25, 0.3) is 11.0 Å². The van der Waals surface area contributed by atoms with E-state index in [9.17, 15) is 4.39 Å². The minimum absolute atomic E-state index is 0.0226. The number of aryl methyl sites for hydroxylation is 1. The molecular formula is C20H22ClFN4O. The number of benzene rings is 1. The van der Waals surface area contributed by atoms with Gasteiger partial charge in [-0.1, -0.05) is 11.6 Å². The van der Waals surface area contributed by atoms with Crippen LogP contribution in [-0.4, -0.2) is 20.6 Å². The van der Waals surface area contributed by atoms with Crippen LogP contribution in [0.1, 0.15) is 49.5 Å². The van der Waals surface area contributed by atoms with E-state index in [-0.39, 0.29) is 17.2 Å². The summed E-state index contributed by atoms with van der Waals surface area (Å²) in [7, 11) is 0. The average molecular weight is 389 g/mol. The lowest BCUT2D eigenvalue weighted by Crippen LogP contribution is -2.16. The minimum atomic E-state index is -0.477. The van der Waals surface area contributed by atoms with E-state index in [0.717, 1.165) is 36.0 Å². The summed E-state index contributed by atoms with van der Waals surface area (Å²) in [5.41, 5.74) is 8.55. The highest BCUT2D eigenvalue weighted by molar-refractivity contribution is 6.30. The third-order valence-electron chi connectivity index (χ3n) is 5.30. The average Bonchev–Trinajstić information content (AvgIpc) is 3.25. The molecule has 0 radical (unpaired) electrons. The molecule has 1 fully saturated rings. The lowest BCUT2D eigenvalue weighted by Gasteiger charge is -2.20. The topological polar surface area (TPSA) is 66.0 Å². The first-order valence-corrected chi connectivity index (χ1v) is 9.51. The zero-order chi connectivity index (χ0) is 19.1. The maximum atomic E-state index is 13.8. The highest BCUT2D eigenvalue weighted by Gasteiger charge is 2.29. The van der Waals surface area contributed by atoms with E-state index in [2.05, 4.69) is 26.8 Å². The van der Waals surface area contributed by atoms with E-state index >= 15 is 0 Å². The normalized spacial score (nSPS) is 20.9. The van der Waals surface area contributed by atoms with Crippen molar-refractivity contribution in [2.24, 2.45) is 5.73 Å². The number of hydrogen-bond acceptors (Lipinski definition) is 4. The van der Waals surface area contributed by atoms with Gasteiger partial charge < -0.3 is 15.0 Å². The Kier molecular flexibility index (Phi) is 4.78. The molecule has 0 aliphatic heterocycles. The Labute approximate surface area is 162 Å². The van der Waals surface area contributed by atoms with E-state index in [4.69, 9.17) is 22.1 Å². The summed E-state index contributed by atoms with van der Waals surface area (Å²) in [6.07, 6.45) is 6.44. The Balaban J connectivity index is 1.55. The molecule has 0 amide bonds. The molecule has 142 valence electrons. The second-order valence-corrected chi connectivity index (χ2v) is 7.63. The fourth-order valence-corrected chi connectivity index (χ4v) is 4.00. The Hall–Kier alpha value is -2.18. The number of rotatable bonds is 4. The van der Waals surface area contributed by atoms with Gasteiger partial charge in [-0.2, -0.15) is 0 Å². The smallest absolute Gasteiger partial charge is 0.143 e. The van der Waals surface area contributed by atoms with Crippen LogP contribution in [0.3, 0.4) is 0 Å². The zero-order valence-electron chi connectivity index (χ0n) is 15.3. The molecule has 4 rings (SSSR count). The van der Waals surface area contributed by atoms with Gasteiger partial charge >= 0.3 is 0 Å². The summed E-state index contributed by atoms with van der Waals surface area (Å²) in [6.45, 7) is 3.80. The van der Waals surface area contributed by atoms with Crippen molar-refractivity contribution in [3.8, 4) is 5.75 Å². The first-order valence-electron chi connectivity index (χ1n) is 9.13. The maximum absolute atomic E-state index is 13.8. The van der Waals surface area contributed by atoms with Gasteiger partial charge in [0.15, 0.2) is 0 Å². The lowest BCUT2D eigenvalue weighted by molar-refractivity contribution is 0.202. The van der Waals surface area contributed by atoms with Crippen molar-refractivity contribution in [3.63, 3.8) is 0 Å². The standard InChI is InChI=1S/C20H22ClFN4O/c1-11(23)16-8-18(22)17(21)9-19(16)27-14-4-3-13(7-14)26-6-5-15-12(2)24-10-25-20(15)26/h5-6,8-11,13-14H,3-4,7,23H2,1-2H3. The number of nitrogens with zero attached hydrogens (tertiary/aromatic N) is 3. The van der Waals surface area contributed by atoms with Crippen LogP contribution in [0.2, 0.25) is 5.02 Å². The summed E-state index contributed by atoms with van der Waals surface area (Å²) in [4.78, 5) is 8.71. The Morgan fingerprint density at radius 1 is 1.33 bits per heavy atom. The molecule has 1 saturated carbocycles. The molecule has 3 aromatic rings. The third-order valence-corrected chi connectivity index (χ3v) is 5.59. The molecule has 2 aromatic heterocycles. The van der Waals surface area contributed by atoms with Gasteiger partial charge in [0.2, 0.25) is 0 Å². The number of hydrogen-bond donors (Lipinski definition) is 1. The molecule has 1 aliphatic rings. The molecule has 2 N–H and O–H groups in total. The number of nitrogens with two attached hydrogens (primary N) is 1. The Morgan fingerprint density at radius 2 is 2.15 bits per heavy atom. The highest BCUT2D eigenvalue weighted by atomic mass is 35.5. The minimum Gasteiger partial charge on any atom is -0.490 e. The van der Waals surface area contributed by atoms with E-state index in [1.54, 1.807) is 13.3 Å². The largest absolute Gasteiger partial charge is 0.490 e. The van der Waals surface area contributed by atoms with E-state index in [1.165, 1.54) is 12.1 Å². The monoisotopic (exact) mass is 388 g/mol. The van der Waals surface area contributed by atoms with Crippen molar-refractivity contribution in [2.75, 3.05) is 0 Å². The van der Waals surface area contributed by atoms with Crippen LogP contribution in [0.5, 0.6) is 5.75 Å². The molecular weight excluding hydrogens is 367 g/mol. The molecule has 27 heavy (non-hydrogen) atoms. The summed E-state index contributed by atoms with van der Waals surface area (Å²) in [6, 6.07) is 4.93. The van der Waals surface area contributed by atoms with Crippen molar-refractivity contribution in [1.29, 1.82) is 0 Å². The van der Waals surface area contributed by atoms with Gasteiger partial charge in [0.25, 0.3) is 0 Å². The van der Waals surface area contributed by atoms with E-state index in [0.29, 0.717) is 17.4 Å². The van der Waals surface area contributed by atoms with Crippen LogP contribution < -0.4 is 10.5 Å². The summed E-state index contributed by atoms with van der Waals surface area (Å²) in [5, 5.41) is 1.12. The van der Waals surface area contributed by atoms with Crippen molar-refractivity contribution >= 4 is 22.6 Å². The third kappa shape index (κ3) is 3.39. The molecule has 5 nitrogen and oxygen atoms in total. The van der Waals surface area contributed by atoms with Crippen LogP contribution in [0, 0.1) is 12.7 Å². The Morgan fingerprint density at radius 3 is 2.93 bits per heavy atom. The molecule has 0 spiro atoms.